The number of halogens is 2. The van der Waals surface area contributed by atoms with Crippen LogP contribution in [0.4, 0.5) is 0 Å². The molecule has 8 heteroatoms. The molecule has 1 aliphatic rings. The monoisotopic (exact) mass is 343 g/mol. The maximum absolute atomic E-state index is 12.0. The number of hydrogen-bond donors (Lipinski definition) is 1. The zero-order chi connectivity index (χ0) is 15.0. The van der Waals surface area contributed by atoms with E-state index in [2.05, 4.69) is 9.97 Å². The normalized spacial score (nSPS) is 15.1. The number of carbonyl (C=O) groups excluding carboxylic acids is 2. The van der Waals surface area contributed by atoms with Gasteiger partial charge in [0.1, 0.15) is 5.52 Å². The van der Waals surface area contributed by atoms with Crippen molar-refractivity contribution in [1.29, 1.82) is 0 Å². The van der Waals surface area contributed by atoms with Gasteiger partial charge in [0.25, 0.3) is 0 Å². The SMILES string of the molecule is O=C1CCCN1C(=O)CSc1nc2c(Cl)cc(Cl)cc2[nH]1. The number of nitrogens with one attached hydrogen (secondary N) is 1. The van der Waals surface area contributed by atoms with Crippen LogP contribution in [0.15, 0.2) is 17.3 Å². The van der Waals surface area contributed by atoms with E-state index in [1.165, 1.54) is 16.7 Å². The maximum atomic E-state index is 12.0. The van der Waals surface area contributed by atoms with Crippen LogP contribution < -0.4 is 0 Å². The molecule has 1 fully saturated rings. The number of thioether (sulfide) groups is 1. The van der Waals surface area contributed by atoms with E-state index in [0.29, 0.717) is 33.7 Å². The van der Waals surface area contributed by atoms with Crippen molar-refractivity contribution in [1.82, 2.24) is 14.9 Å². The summed E-state index contributed by atoms with van der Waals surface area (Å²) in [6, 6.07) is 3.35. The number of aromatic nitrogens is 2. The summed E-state index contributed by atoms with van der Waals surface area (Å²) in [6.07, 6.45) is 1.20. The van der Waals surface area contributed by atoms with E-state index in [-0.39, 0.29) is 17.6 Å². The van der Waals surface area contributed by atoms with Gasteiger partial charge in [0.15, 0.2) is 5.16 Å². The lowest BCUT2D eigenvalue weighted by Gasteiger charge is -2.12. The number of imidazole rings is 1. The van der Waals surface area contributed by atoms with Crippen molar-refractivity contribution < 1.29 is 9.59 Å². The van der Waals surface area contributed by atoms with E-state index in [1.807, 2.05) is 0 Å². The number of amides is 2. The fourth-order valence-corrected chi connectivity index (χ4v) is 3.50. The lowest BCUT2D eigenvalue weighted by molar-refractivity contribution is -0.140. The molecule has 3 rings (SSSR count). The molecule has 1 aliphatic heterocycles. The van der Waals surface area contributed by atoms with Gasteiger partial charge in [-0.2, -0.15) is 0 Å². The number of likely N-dealkylation sites (tertiary alicyclic amines) is 1. The average Bonchev–Trinajstić information content (AvgIpc) is 3.02. The Kier molecular flexibility index (Phi) is 4.10. The van der Waals surface area contributed by atoms with Crippen LogP contribution in [0.5, 0.6) is 0 Å². The molecule has 110 valence electrons. The largest absolute Gasteiger partial charge is 0.333 e. The van der Waals surface area contributed by atoms with E-state index in [4.69, 9.17) is 23.2 Å². The summed E-state index contributed by atoms with van der Waals surface area (Å²) in [5.41, 5.74) is 1.34. The molecule has 0 saturated carbocycles. The van der Waals surface area contributed by atoms with Crippen LogP contribution in [0.2, 0.25) is 10.0 Å². The van der Waals surface area contributed by atoms with Gasteiger partial charge in [0.2, 0.25) is 11.8 Å². The Hall–Kier alpha value is -1.24. The van der Waals surface area contributed by atoms with Crippen molar-refractivity contribution in [3.63, 3.8) is 0 Å². The average molecular weight is 344 g/mol. The third kappa shape index (κ3) is 3.02. The smallest absolute Gasteiger partial charge is 0.239 e. The van der Waals surface area contributed by atoms with Gasteiger partial charge >= 0.3 is 0 Å². The van der Waals surface area contributed by atoms with E-state index in [9.17, 15) is 9.59 Å². The highest BCUT2D eigenvalue weighted by atomic mass is 35.5. The quantitative estimate of drug-likeness (QED) is 0.869. The Balaban J connectivity index is 1.72. The topological polar surface area (TPSA) is 66.1 Å². The first-order chi connectivity index (χ1) is 10.0. The van der Waals surface area contributed by atoms with Crippen molar-refractivity contribution in [2.24, 2.45) is 0 Å². The number of rotatable bonds is 3. The van der Waals surface area contributed by atoms with Crippen molar-refractivity contribution in [2.75, 3.05) is 12.3 Å². The van der Waals surface area contributed by atoms with Crippen LogP contribution in [0, 0.1) is 0 Å². The molecule has 1 saturated heterocycles. The summed E-state index contributed by atoms with van der Waals surface area (Å²) in [6.45, 7) is 0.514. The summed E-state index contributed by atoms with van der Waals surface area (Å²) in [4.78, 5) is 32.1. The van der Waals surface area contributed by atoms with Gasteiger partial charge in [0.05, 0.1) is 16.3 Å². The standard InChI is InChI=1S/C13H11Cl2N3O2S/c14-7-4-8(15)12-9(5-7)16-13(17-12)21-6-11(20)18-3-1-2-10(18)19/h4-5H,1-3,6H2,(H,16,17). The Labute approximate surface area is 135 Å². The second-order valence-corrected chi connectivity index (χ2v) is 6.46. The van der Waals surface area contributed by atoms with Crippen LogP contribution in [0.3, 0.4) is 0 Å². The number of carbonyl (C=O) groups is 2. The van der Waals surface area contributed by atoms with Crippen LogP contribution in [0.25, 0.3) is 11.0 Å². The minimum absolute atomic E-state index is 0.0972. The lowest BCUT2D eigenvalue weighted by atomic mass is 10.3. The summed E-state index contributed by atoms with van der Waals surface area (Å²) in [5.74, 6) is -0.121. The van der Waals surface area contributed by atoms with Crippen LogP contribution in [0.1, 0.15) is 12.8 Å². The molecular weight excluding hydrogens is 333 g/mol. The molecule has 2 heterocycles. The molecular formula is C13H11Cl2N3O2S. The minimum Gasteiger partial charge on any atom is -0.333 e. The molecule has 2 amide bonds. The molecule has 0 bridgehead atoms. The van der Waals surface area contributed by atoms with E-state index < -0.39 is 0 Å². The zero-order valence-corrected chi connectivity index (χ0v) is 13.2. The van der Waals surface area contributed by atoms with Gasteiger partial charge in [-0.25, -0.2) is 4.98 Å². The summed E-state index contributed by atoms with van der Waals surface area (Å²) in [5, 5.41) is 1.56. The number of imide groups is 1. The molecule has 1 aromatic heterocycles. The Bertz CT molecular complexity index is 732. The number of H-pyrrole nitrogens is 1. The number of fused-ring (bicyclic) bond motifs is 1. The molecule has 0 radical (unpaired) electrons. The summed E-state index contributed by atoms with van der Waals surface area (Å²) >= 11 is 13.2. The number of nitrogens with zero attached hydrogens (tertiary/aromatic N) is 2. The first-order valence-electron chi connectivity index (χ1n) is 6.35. The van der Waals surface area contributed by atoms with Gasteiger partial charge in [0, 0.05) is 18.0 Å². The zero-order valence-electron chi connectivity index (χ0n) is 10.9. The van der Waals surface area contributed by atoms with Gasteiger partial charge in [-0.3, -0.25) is 14.5 Å². The first-order valence-corrected chi connectivity index (χ1v) is 8.09. The maximum Gasteiger partial charge on any atom is 0.239 e. The highest BCUT2D eigenvalue weighted by molar-refractivity contribution is 7.99. The third-order valence-electron chi connectivity index (χ3n) is 3.19. The van der Waals surface area contributed by atoms with Crippen molar-refractivity contribution in [3.05, 3.63) is 22.2 Å². The molecule has 1 aromatic carbocycles. The van der Waals surface area contributed by atoms with E-state index in [1.54, 1.807) is 12.1 Å². The molecule has 2 aromatic rings. The highest BCUT2D eigenvalue weighted by Gasteiger charge is 2.26. The van der Waals surface area contributed by atoms with Gasteiger partial charge in [-0.1, -0.05) is 35.0 Å². The summed E-state index contributed by atoms with van der Waals surface area (Å²) in [7, 11) is 0. The van der Waals surface area contributed by atoms with E-state index >= 15 is 0 Å². The fraction of sp³-hybridized carbons (Fsp3) is 0.308. The second kappa shape index (κ2) is 5.87. The Morgan fingerprint density at radius 2 is 2.24 bits per heavy atom. The van der Waals surface area contributed by atoms with Crippen LogP contribution >= 0.6 is 35.0 Å². The summed E-state index contributed by atoms with van der Waals surface area (Å²) < 4.78 is 0. The van der Waals surface area contributed by atoms with Gasteiger partial charge < -0.3 is 4.98 Å². The third-order valence-corrected chi connectivity index (χ3v) is 4.55. The van der Waals surface area contributed by atoms with Gasteiger partial charge in [-0.15, -0.1) is 0 Å². The van der Waals surface area contributed by atoms with Crippen molar-refractivity contribution >= 4 is 57.8 Å². The minimum atomic E-state index is -0.188. The molecule has 5 nitrogen and oxygen atoms in total. The van der Waals surface area contributed by atoms with Gasteiger partial charge in [-0.05, 0) is 18.6 Å². The molecule has 0 spiro atoms. The molecule has 21 heavy (non-hydrogen) atoms. The lowest BCUT2D eigenvalue weighted by Crippen LogP contribution is -2.33. The number of aromatic amines is 1. The highest BCUT2D eigenvalue weighted by Crippen LogP contribution is 2.28. The van der Waals surface area contributed by atoms with Crippen LogP contribution in [-0.4, -0.2) is 39.0 Å². The van der Waals surface area contributed by atoms with E-state index in [0.717, 1.165) is 11.9 Å². The van der Waals surface area contributed by atoms with Crippen molar-refractivity contribution in [3.8, 4) is 0 Å². The molecule has 1 N–H and O–H groups in total. The number of hydrogen-bond acceptors (Lipinski definition) is 4. The van der Waals surface area contributed by atoms with Crippen molar-refractivity contribution in [2.45, 2.75) is 18.0 Å². The first kappa shape index (κ1) is 14.7. The van der Waals surface area contributed by atoms with Crippen LogP contribution in [-0.2, 0) is 9.59 Å². The molecule has 0 unspecified atom stereocenters. The molecule has 0 aliphatic carbocycles. The fourth-order valence-electron chi connectivity index (χ4n) is 2.21. The number of benzene rings is 1. The Morgan fingerprint density at radius 3 is 2.95 bits per heavy atom. The second-order valence-electron chi connectivity index (χ2n) is 4.66. The predicted molar refractivity (Wildman–Crippen MR) is 82.8 cm³/mol. The molecule has 0 atom stereocenters. The predicted octanol–water partition coefficient (Wildman–Crippen LogP) is 3.11. The Morgan fingerprint density at radius 1 is 1.43 bits per heavy atom.